The van der Waals surface area contributed by atoms with Gasteiger partial charge in [-0.05, 0) is 31.9 Å². The zero-order valence-electron chi connectivity index (χ0n) is 11.9. The number of hydrogen-bond acceptors (Lipinski definition) is 4. The highest BCUT2D eigenvalue weighted by Gasteiger charge is 2.38. The van der Waals surface area contributed by atoms with E-state index in [1.807, 2.05) is 0 Å². The van der Waals surface area contributed by atoms with Crippen molar-refractivity contribution >= 4 is 15.7 Å². The standard InChI is InChI=1S/C13H18F2N2O3S/c1-13(20-2)6-3-7-17(8-13)21(18,19)10-5-4-9(14)12(16)11(10)15/h4-5H,3,6-8,16H2,1-2H3. The molecule has 1 saturated heterocycles. The van der Waals surface area contributed by atoms with Crippen molar-refractivity contribution in [3.05, 3.63) is 23.8 Å². The molecule has 21 heavy (non-hydrogen) atoms. The molecule has 8 heteroatoms. The number of ether oxygens (including phenoxy) is 1. The average molecular weight is 320 g/mol. The second kappa shape index (κ2) is 5.51. The van der Waals surface area contributed by atoms with Gasteiger partial charge in [0.05, 0.1) is 5.60 Å². The van der Waals surface area contributed by atoms with Crippen LogP contribution in [0.3, 0.4) is 0 Å². The fourth-order valence-electron chi connectivity index (χ4n) is 2.42. The second-order valence-corrected chi connectivity index (χ2v) is 7.28. The highest BCUT2D eigenvalue weighted by Crippen LogP contribution is 2.31. The van der Waals surface area contributed by atoms with Gasteiger partial charge in [-0.15, -0.1) is 0 Å². The zero-order chi connectivity index (χ0) is 15.8. The molecule has 1 aliphatic rings. The van der Waals surface area contributed by atoms with Gasteiger partial charge in [0.1, 0.15) is 16.4 Å². The van der Waals surface area contributed by atoms with Gasteiger partial charge < -0.3 is 10.5 Å². The Morgan fingerprint density at radius 2 is 2.05 bits per heavy atom. The first-order valence-corrected chi connectivity index (χ1v) is 7.94. The number of nitrogens with zero attached hydrogens (tertiary/aromatic N) is 1. The number of benzene rings is 1. The van der Waals surface area contributed by atoms with Crippen molar-refractivity contribution in [3.63, 3.8) is 0 Å². The Labute approximate surface area is 122 Å². The third-order valence-electron chi connectivity index (χ3n) is 3.83. The van der Waals surface area contributed by atoms with Crippen LogP contribution in [-0.2, 0) is 14.8 Å². The van der Waals surface area contributed by atoms with Gasteiger partial charge in [0.25, 0.3) is 0 Å². The number of rotatable bonds is 3. The number of nitrogen functional groups attached to an aromatic ring is 1. The number of nitrogens with two attached hydrogens (primary N) is 1. The molecule has 2 N–H and O–H groups in total. The molecule has 1 aromatic rings. The molecule has 0 aromatic heterocycles. The first kappa shape index (κ1) is 16.1. The first-order valence-electron chi connectivity index (χ1n) is 6.50. The molecule has 0 aliphatic carbocycles. The number of hydrogen-bond donors (Lipinski definition) is 1. The van der Waals surface area contributed by atoms with E-state index in [1.54, 1.807) is 6.92 Å². The predicted octanol–water partition coefficient (Wildman–Crippen LogP) is 1.74. The van der Waals surface area contributed by atoms with Gasteiger partial charge in [0.15, 0.2) is 5.82 Å². The predicted molar refractivity (Wildman–Crippen MR) is 74.2 cm³/mol. The summed E-state index contributed by atoms with van der Waals surface area (Å²) in [7, 11) is -2.57. The van der Waals surface area contributed by atoms with Crippen molar-refractivity contribution in [2.75, 3.05) is 25.9 Å². The number of methoxy groups -OCH3 is 1. The van der Waals surface area contributed by atoms with Crippen molar-refractivity contribution in [1.82, 2.24) is 4.31 Å². The Hall–Kier alpha value is -1.25. The van der Waals surface area contributed by atoms with Crippen molar-refractivity contribution < 1.29 is 21.9 Å². The Morgan fingerprint density at radius 3 is 2.67 bits per heavy atom. The molecule has 0 amide bonds. The fourth-order valence-corrected chi connectivity index (χ4v) is 4.09. The summed E-state index contributed by atoms with van der Waals surface area (Å²) >= 11 is 0. The molecule has 5 nitrogen and oxygen atoms in total. The number of piperidine rings is 1. The molecule has 1 unspecified atom stereocenters. The van der Waals surface area contributed by atoms with E-state index in [9.17, 15) is 17.2 Å². The van der Waals surface area contributed by atoms with Gasteiger partial charge in [-0.1, -0.05) is 0 Å². The van der Waals surface area contributed by atoms with Gasteiger partial charge in [-0.25, -0.2) is 17.2 Å². The lowest BCUT2D eigenvalue weighted by Crippen LogP contribution is -2.49. The summed E-state index contributed by atoms with van der Waals surface area (Å²) in [5.41, 5.74) is 3.82. The monoisotopic (exact) mass is 320 g/mol. The summed E-state index contributed by atoms with van der Waals surface area (Å²) in [6.45, 7) is 2.17. The lowest BCUT2D eigenvalue weighted by molar-refractivity contribution is -0.0319. The van der Waals surface area contributed by atoms with Crippen LogP contribution in [0.25, 0.3) is 0 Å². The minimum Gasteiger partial charge on any atom is -0.394 e. The van der Waals surface area contributed by atoms with Gasteiger partial charge >= 0.3 is 0 Å². The molecular weight excluding hydrogens is 302 g/mol. The van der Waals surface area contributed by atoms with E-state index < -0.39 is 37.8 Å². The number of sulfonamides is 1. The Balaban J connectivity index is 2.41. The molecule has 1 fully saturated rings. The molecule has 0 saturated carbocycles. The summed E-state index contributed by atoms with van der Waals surface area (Å²) in [5.74, 6) is -2.23. The Morgan fingerprint density at radius 1 is 1.38 bits per heavy atom. The smallest absolute Gasteiger partial charge is 0.246 e. The average Bonchev–Trinajstić information content (AvgIpc) is 2.44. The van der Waals surface area contributed by atoms with E-state index in [0.29, 0.717) is 12.8 Å². The molecule has 1 aromatic carbocycles. The first-order chi connectivity index (χ1) is 9.71. The summed E-state index contributed by atoms with van der Waals surface area (Å²) in [6, 6.07) is 1.75. The zero-order valence-corrected chi connectivity index (χ0v) is 12.7. The maximum Gasteiger partial charge on any atom is 0.246 e. The summed E-state index contributed by atoms with van der Waals surface area (Å²) in [5, 5.41) is 0. The van der Waals surface area contributed by atoms with E-state index in [-0.39, 0.29) is 13.1 Å². The molecule has 1 atom stereocenters. The van der Waals surface area contributed by atoms with Crippen LogP contribution in [-0.4, -0.2) is 38.5 Å². The maximum atomic E-state index is 14.0. The van der Waals surface area contributed by atoms with Crippen LogP contribution in [0.5, 0.6) is 0 Å². The maximum absolute atomic E-state index is 14.0. The largest absolute Gasteiger partial charge is 0.394 e. The molecule has 0 radical (unpaired) electrons. The fraction of sp³-hybridized carbons (Fsp3) is 0.538. The van der Waals surface area contributed by atoms with Crippen molar-refractivity contribution in [2.24, 2.45) is 0 Å². The lowest BCUT2D eigenvalue weighted by Gasteiger charge is -2.38. The SMILES string of the molecule is COC1(C)CCCN(S(=O)(=O)c2ccc(F)c(N)c2F)C1. The molecular formula is C13H18F2N2O3S. The lowest BCUT2D eigenvalue weighted by atomic mass is 9.96. The third-order valence-corrected chi connectivity index (χ3v) is 5.69. The quantitative estimate of drug-likeness (QED) is 0.861. The summed E-state index contributed by atoms with van der Waals surface area (Å²) < 4.78 is 58.7. The van der Waals surface area contributed by atoms with Crippen LogP contribution >= 0.6 is 0 Å². The second-order valence-electron chi connectivity index (χ2n) is 5.37. The van der Waals surface area contributed by atoms with Crippen molar-refractivity contribution in [2.45, 2.75) is 30.3 Å². The van der Waals surface area contributed by atoms with E-state index in [4.69, 9.17) is 10.5 Å². The van der Waals surface area contributed by atoms with Crippen LogP contribution < -0.4 is 5.73 Å². The number of anilines is 1. The Bertz CT molecular complexity index is 651. The molecule has 0 bridgehead atoms. The minimum atomic E-state index is -4.08. The highest BCUT2D eigenvalue weighted by atomic mass is 32.2. The highest BCUT2D eigenvalue weighted by molar-refractivity contribution is 7.89. The summed E-state index contributed by atoms with van der Waals surface area (Å²) in [4.78, 5) is -0.609. The van der Waals surface area contributed by atoms with E-state index in [1.165, 1.54) is 7.11 Å². The van der Waals surface area contributed by atoms with Crippen LogP contribution in [0.4, 0.5) is 14.5 Å². The minimum absolute atomic E-state index is 0.114. The van der Waals surface area contributed by atoms with Crippen molar-refractivity contribution in [1.29, 1.82) is 0 Å². The normalized spacial score (nSPS) is 24.2. The van der Waals surface area contributed by atoms with Crippen LogP contribution in [0.2, 0.25) is 0 Å². The van der Waals surface area contributed by atoms with Gasteiger partial charge in [0.2, 0.25) is 10.0 Å². The van der Waals surface area contributed by atoms with Gasteiger partial charge in [-0.3, -0.25) is 0 Å². The van der Waals surface area contributed by atoms with Gasteiger partial charge in [0, 0.05) is 20.2 Å². The molecule has 118 valence electrons. The van der Waals surface area contributed by atoms with E-state index in [2.05, 4.69) is 0 Å². The van der Waals surface area contributed by atoms with Gasteiger partial charge in [-0.2, -0.15) is 4.31 Å². The van der Waals surface area contributed by atoms with Crippen molar-refractivity contribution in [3.8, 4) is 0 Å². The molecule has 2 rings (SSSR count). The van der Waals surface area contributed by atoms with Crippen LogP contribution in [0.15, 0.2) is 17.0 Å². The molecule has 1 heterocycles. The number of halogens is 2. The van der Waals surface area contributed by atoms with Crippen LogP contribution in [0.1, 0.15) is 19.8 Å². The van der Waals surface area contributed by atoms with E-state index >= 15 is 0 Å². The Kier molecular flexibility index (Phi) is 4.23. The molecule has 0 spiro atoms. The van der Waals surface area contributed by atoms with E-state index in [0.717, 1.165) is 16.4 Å². The van der Waals surface area contributed by atoms with Crippen LogP contribution in [0, 0.1) is 11.6 Å². The molecule has 1 aliphatic heterocycles. The third kappa shape index (κ3) is 2.88. The summed E-state index contributed by atoms with van der Waals surface area (Å²) in [6.07, 6.45) is 1.31. The topological polar surface area (TPSA) is 72.6 Å².